The molecule has 1 aromatic heterocycles. The molecule has 1 rings (SSSR count). The molecule has 0 aliphatic heterocycles. The monoisotopic (exact) mass is 327 g/mol. The summed E-state index contributed by atoms with van der Waals surface area (Å²) in [6.07, 6.45) is 8.45. The van der Waals surface area contributed by atoms with Crippen LogP contribution in [0.2, 0.25) is 0 Å². The molecule has 0 radical (unpaired) electrons. The molecule has 0 amide bonds. The largest absolute Gasteiger partial charge is 0.367 e. The number of nitrogens with one attached hydrogen (secondary N) is 1. The van der Waals surface area contributed by atoms with Gasteiger partial charge >= 0.3 is 0 Å². The second kappa shape index (κ2) is 9.29. The summed E-state index contributed by atoms with van der Waals surface area (Å²) in [5.74, 6) is 1.85. The molecule has 19 heavy (non-hydrogen) atoms. The van der Waals surface area contributed by atoms with E-state index in [0.29, 0.717) is 6.04 Å². The predicted molar refractivity (Wildman–Crippen MR) is 85.6 cm³/mol. The van der Waals surface area contributed by atoms with Crippen LogP contribution in [0.4, 0.5) is 5.82 Å². The Bertz CT molecular complexity index is 368. The van der Waals surface area contributed by atoms with E-state index in [1.807, 2.05) is 6.07 Å². The Kier molecular flexibility index (Phi) is 8.03. The van der Waals surface area contributed by atoms with Crippen molar-refractivity contribution in [2.75, 3.05) is 5.32 Å². The molecule has 0 spiro atoms. The van der Waals surface area contributed by atoms with Crippen molar-refractivity contribution in [1.29, 1.82) is 0 Å². The third kappa shape index (κ3) is 6.90. The minimum absolute atomic E-state index is 0.466. The third-order valence-corrected chi connectivity index (χ3v) is 3.51. The van der Waals surface area contributed by atoms with Gasteiger partial charge in [0.25, 0.3) is 0 Å². The smallest absolute Gasteiger partial charge is 0.132 e. The average Bonchev–Trinajstić information content (AvgIpc) is 2.34. The Morgan fingerprint density at radius 3 is 2.63 bits per heavy atom. The van der Waals surface area contributed by atoms with Gasteiger partial charge in [0.1, 0.15) is 16.2 Å². The van der Waals surface area contributed by atoms with Crippen LogP contribution in [0, 0.1) is 0 Å². The van der Waals surface area contributed by atoms with Crippen LogP contribution >= 0.6 is 15.9 Å². The lowest BCUT2D eigenvalue weighted by Crippen LogP contribution is -2.16. The topological polar surface area (TPSA) is 37.8 Å². The first-order valence-electron chi connectivity index (χ1n) is 7.45. The molecule has 0 fully saturated rings. The molecule has 1 N–H and O–H groups in total. The van der Waals surface area contributed by atoms with Gasteiger partial charge in [0.2, 0.25) is 0 Å². The maximum atomic E-state index is 4.56. The van der Waals surface area contributed by atoms with Crippen LogP contribution in [-0.2, 0) is 6.42 Å². The van der Waals surface area contributed by atoms with Gasteiger partial charge in [0.05, 0.1) is 0 Å². The van der Waals surface area contributed by atoms with Crippen molar-refractivity contribution >= 4 is 21.7 Å². The van der Waals surface area contributed by atoms with E-state index in [-0.39, 0.29) is 0 Å². The molecule has 4 heteroatoms. The van der Waals surface area contributed by atoms with Gasteiger partial charge in [-0.05, 0) is 35.7 Å². The minimum atomic E-state index is 0.466. The fraction of sp³-hybridized carbons (Fsp3) is 0.733. The number of hydrogen-bond donors (Lipinski definition) is 1. The molecule has 0 aliphatic carbocycles. The van der Waals surface area contributed by atoms with Crippen molar-refractivity contribution in [3.05, 3.63) is 16.5 Å². The summed E-state index contributed by atoms with van der Waals surface area (Å²) in [4.78, 5) is 8.94. The quantitative estimate of drug-likeness (QED) is 0.514. The van der Waals surface area contributed by atoms with Crippen LogP contribution in [-0.4, -0.2) is 16.0 Å². The number of anilines is 1. The molecule has 1 aromatic rings. The van der Waals surface area contributed by atoms with E-state index in [4.69, 9.17) is 0 Å². The SMILES string of the molecule is CCCCCCC(C)Nc1cc(Br)nc(CCC)n1. The van der Waals surface area contributed by atoms with Gasteiger partial charge < -0.3 is 5.32 Å². The van der Waals surface area contributed by atoms with Gasteiger partial charge in [-0.2, -0.15) is 0 Å². The maximum absolute atomic E-state index is 4.56. The average molecular weight is 328 g/mol. The Labute approximate surface area is 125 Å². The molecular formula is C15H26BrN3. The fourth-order valence-corrected chi connectivity index (χ4v) is 2.50. The lowest BCUT2D eigenvalue weighted by molar-refractivity contribution is 0.592. The summed E-state index contributed by atoms with van der Waals surface area (Å²) in [7, 11) is 0. The van der Waals surface area contributed by atoms with E-state index in [1.165, 1.54) is 32.1 Å². The number of aryl methyl sites for hydroxylation is 1. The van der Waals surface area contributed by atoms with Crippen molar-refractivity contribution in [1.82, 2.24) is 9.97 Å². The van der Waals surface area contributed by atoms with Gasteiger partial charge in [-0.25, -0.2) is 9.97 Å². The zero-order valence-electron chi connectivity index (χ0n) is 12.4. The fourth-order valence-electron chi connectivity index (χ4n) is 2.08. The van der Waals surface area contributed by atoms with Crippen LogP contribution < -0.4 is 5.32 Å². The Hall–Kier alpha value is -0.640. The lowest BCUT2D eigenvalue weighted by Gasteiger charge is -2.15. The molecular weight excluding hydrogens is 302 g/mol. The molecule has 1 heterocycles. The van der Waals surface area contributed by atoms with E-state index >= 15 is 0 Å². The van der Waals surface area contributed by atoms with Gasteiger partial charge in [-0.1, -0.05) is 39.5 Å². The van der Waals surface area contributed by atoms with Gasteiger partial charge in [-0.15, -0.1) is 0 Å². The standard InChI is InChI=1S/C15H26BrN3/c1-4-6-7-8-10-12(3)17-15-11-13(16)18-14(19-15)9-5-2/h11-12H,4-10H2,1-3H3,(H,17,18,19). The summed E-state index contributed by atoms with van der Waals surface area (Å²) in [6, 6.07) is 2.43. The van der Waals surface area contributed by atoms with Crippen molar-refractivity contribution in [3.8, 4) is 0 Å². The van der Waals surface area contributed by atoms with Gasteiger partial charge in [0.15, 0.2) is 0 Å². The predicted octanol–water partition coefficient (Wildman–Crippen LogP) is 4.96. The van der Waals surface area contributed by atoms with Crippen molar-refractivity contribution < 1.29 is 0 Å². The summed E-state index contributed by atoms with van der Waals surface area (Å²) >= 11 is 3.46. The zero-order chi connectivity index (χ0) is 14.1. The second-order valence-electron chi connectivity index (χ2n) is 5.14. The van der Waals surface area contributed by atoms with E-state index in [1.54, 1.807) is 0 Å². The van der Waals surface area contributed by atoms with Gasteiger partial charge in [0, 0.05) is 18.5 Å². The lowest BCUT2D eigenvalue weighted by atomic mass is 10.1. The molecule has 0 aliphatic rings. The van der Waals surface area contributed by atoms with Gasteiger partial charge in [-0.3, -0.25) is 0 Å². The normalized spacial score (nSPS) is 12.4. The van der Waals surface area contributed by atoms with E-state index in [2.05, 4.69) is 52.0 Å². The van der Waals surface area contributed by atoms with Crippen molar-refractivity contribution in [3.63, 3.8) is 0 Å². The summed E-state index contributed by atoms with van der Waals surface area (Å²) < 4.78 is 0.867. The van der Waals surface area contributed by atoms with Crippen LogP contribution in [0.15, 0.2) is 10.7 Å². The number of aromatic nitrogens is 2. The highest BCUT2D eigenvalue weighted by Crippen LogP contribution is 2.16. The molecule has 0 saturated carbocycles. The third-order valence-electron chi connectivity index (χ3n) is 3.10. The van der Waals surface area contributed by atoms with E-state index < -0.39 is 0 Å². The number of nitrogens with zero attached hydrogens (tertiary/aromatic N) is 2. The van der Waals surface area contributed by atoms with Crippen molar-refractivity contribution in [2.24, 2.45) is 0 Å². The Morgan fingerprint density at radius 2 is 1.95 bits per heavy atom. The van der Waals surface area contributed by atoms with Crippen LogP contribution in [0.25, 0.3) is 0 Å². The molecule has 1 unspecified atom stereocenters. The highest BCUT2D eigenvalue weighted by atomic mass is 79.9. The minimum Gasteiger partial charge on any atom is -0.367 e. The van der Waals surface area contributed by atoms with Crippen molar-refractivity contribution in [2.45, 2.75) is 71.8 Å². The second-order valence-corrected chi connectivity index (χ2v) is 5.95. The highest BCUT2D eigenvalue weighted by Gasteiger charge is 2.06. The summed E-state index contributed by atoms with van der Waals surface area (Å²) in [5.41, 5.74) is 0. The number of hydrogen-bond acceptors (Lipinski definition) is 3. The molecule has 3 nitrogen and oxygen atoms in total. The number of rotatable bonds is 9. The zero-order valence-corrected chi connectivity index (χ0v) is 14.0. The first kappa shape index (κ1) is 16.4. The summed E-state index contributed by atoms with van der Waals surface area (Å²) in [6.45, 7) is 6.62. The highest BCUT2D eigenvalue weighted by molar-refractivity contribution is 9.10. The first-order valence-corrected chi connectivity index (χ1v) is 8.25. The Morgan fingerprint density at radius 1 is 1.16 bits per heavy atom. The van der Waals surface area contributed by atoms with E-state index in [9.17, 15) is 0 Å². The molecule has 1 atom stereocenters. The summed E-state index contributed by atoms with van der Waals surface area (Å²) in [5, 5.41) is 3.48. The molecule has 0 bridgehead atoms. The van der Waals surface area contributed by atoms with E-state index in [0.717, 1.165) is 29.1 Å². The van der Waals surface area contributed by atoms with Crippen LogP contribution in [0.5, 0.6) is 0 Å². The molecule has 0 aromatic carbocycles. The van der Waals surface area contributed by atoms with Crippen LogP contribution in [0.3, 0.4) is 0 Å². The molecule has 0 saturated heterocycles. The number of halogens is 1. The number of unbranched alkanes of at least 4 members (excludes halogenated alkanes) is 3. The maximum Gasteiger partial charge on any atom is 0.132 e. The molecule has 108 valence electrons. The van der Waals surface area contributed by atoms with Crippen LogP contribution in [0.1, 0.15) is 65.1 Å². The first-order chi connectivity index (χ1) is 9.15. The Balaban J connectivity index is 2.46.